The fraction of sp³-hybridized carbons (Fsp3) is 0.304. The second-order valence-corrected chi connectivity index (χ2v) is 11.2. The van der Waals surface area contributed by atoms with Crippen LogP contribution in [0.3, 0.4) is 0 Å². The topological polar surface area (TPSA) is 79.4 Å². The number of amides is 1. The van der Waals surface area contributed by atoms with E-state index in [1.54, 1.807) is 5.38 Å². The maximum atomic E-state index is 14.0. The average Bonchev–Trinajstić information content (AvgIpc) is 3.21. The number of piperidine rings is 1. The zero-order valence-corrected chi connectivity index (χ0v) is 19.7. The van der Waals surface area contributed by atoms with Gasteiger partial charge in [0, 0.05) is 35.7 Å². The number of nitrogens with one attached hydrogen (secondary N) is 1. The number of benzene rings is 2. The van der Waals surface area contributed by atoms with Gasteiger partial charge in [-0.05, 0) is 54.7 Å². The molecular weight excluding hydrogens is 468 g/mol. The highest BCUT2D eigenvalue weighted by Crippen LogP contribution is 2.29. The Labute approximate surface area is 195 Å². The summed E-state index contributed by atoms with van der Waals surface area (Å²) >= 11 is 1.10. The highest BCUT2D eigenvalue weighted by Gasteiger charge is 2.31. The minimum absolute atomic E-state index is 0.129. The maximum absolute atomic E-state index is 14.0. The van der Waals surface area contributed by atoms with Gasteiger partial charge in [0.15, 0.2) is 5.13 Å². The predicted octanol–water partition coefficient (Wildman–Crippen LogP) is 5.01. The third-order valence-corrected chi connectivity index (χ3v) is 8.12. The summed E-state index contributed by atoms with van der Waals surface area (Å²) in [5.74, 6) is -1.32. The first kappa shape index (κ1) is 23.5. The van der Waals surface area contributed by atoms with E-state index in [4.69, 9.17) is 0 Å². The average molecular weight is 492 g/mol. The molecule has 33 heavy (non-hydrogen) atoms. The Hall–Kier alpha value is -2.69. The number of carbonyl (C=O) groups is 1. The van der Waals surface area contributed by atoms with Gasteiger partial charge in [0.2, 0.25) is 10.0 Å². The van der Waals surface area contributed by atoms with Gasteiger partial charge >= 0.3 is 0 Å². The molecule has 1 saturated heterocycles. The number of nitrogens with zero attached hydrogens (tertiary/aromatic N) is 2. The lowest BCUT2D eigenvalue weighted by Gasteiger charge is -2.34. The van der Waals surface area contributed by atoms with E-state index >= 15 is 0 Å². The Morgan fingerprint density at radius 3 is 2.39 bits per heavy atom. The van der Waals surface area contributed by atoms with Crippen LogP contribution in [0.5, 0.6) is 0 Å². The summed E-state index contributed by atoms with van der Waals surface area (Å²) in [6.07, 6.45) is 0.997. The Morgan fingerprint density at radius 1 is 1.09 bits per heavy atom. The van der Waals surface area contributed by atoms with Gasteiger partial charge in [-0.25, -0.2) is 22.2 Å². The van der Waals surface area contributed by atoms with Gasteiger partial charge in [0.1, 0.15) is 11.6 Å². The molecule has 0 aliphatic carbocycles. The fourth-order valence-electron chi connectivity index (χ4n) is 4.05. The van der Waals surface area contributed by atoms with Gasteiger partial charge in [-0.1, -0.05) is 13.8 Å². The van der Waals surface area contributed by atoms with Crippen LogP contribution in [0.4, 0.5) is 13.9 Å². The predicted molar refractivity (Wildman–Crippen MR) is 124 cm³/mol. The molecule has 4 rings (SSSR count). The summed E-state index contributed by atoms with van der Waals surface area (Å²) in [5.41, 5.74) is 0.669. The zero-order valence-electron chi connectivity index (χ0n) is 18.1. The molecule has 2 aromatic carbocycles. The lowest BCUT2D eigenvalue weighted by atomic mass is 9.94. The van der Waals surface area contributed by atoms with E-state index in [0.717, 1.165) is 29.9 Å². The first-order valence-electron chi connectivity index (χ1n) is 10.5. The van der Waals surface area contributed by atoms with E-state index in [0.29, 0.717) is 24.9 Å². The number of thiazole rings is 1. The van der Waals surface area contributed by atoms with Crippen molar-refractivity contribution >= 4 is 32.4 Å². The van der Waals surface area contributed by atoms with Gasteiger partial charge in [-0.2, -0.15) is 4.31 Å². The van der Waals surface area contributed by atoms with E-state index in [9.17, 15) is 22.0 Å². The SMILES string of the molecule is CC1CC(C)CN(S(=O)(=O)c2ccc(C(=O)Nc3nc(-c4ccc(F)cc4F)cs3)cc2)C1. The summed E-state index contributed by atoms with van der Waals surface area (Å²) in [6.45, 7) is 5.05. The summed E-state index contributed by atoms with van der Waals surface area (Å²) in [4.78, 5) is 16.9. The Morgan fingerprint density at radius 2 is 1.76 bits per heavy atom. The Balaban J connectivity index is 1.46. The van der Waals surface area contributed by atoms with Crippen molar-refractivity contribution in [3.8, 4) is 11.3 Å². The van der Waals surface area contributed by atoms with Crippen LogP contribution in [-0.4, -0.2) is 36.7 Å². The zero-order chi connectivity index (χ0) is 23.8. The highest BCUT2D eigenvalue weighted by molar-refractivity contribution is 7.89. The molecule has 1 aromatic heterocycles. The molecule has 1 fully saturated rings. The smallest absolute Gasteiger partial charge is 0.257 e. The van der Waals surface area contributed by atoms with Crippen LogP contribution in [0, 0.1) is 23.5 Å². The minimum Gasteiger partial charge on any atom is -0.298 e. The van der Waals surface area contributed by atoms with E-state index in [2.05, 4.69) is 10.3 Å². The lowest BCUT2D eigenvalue weighted by Crippen LogP contribution is -2.42. The molecule has 6 nitrogen and oxygen atoms in total. The van der Waals surface area contributed by atoms with Gasteiger partial charge in [0.05, 0.1) is 10.6 Å². The number of hydrogen-bond donors (Lipinski definition) is 1. The lowest BCUT2D eigenvalue weighted by molar-refractivity contribution is 0.102. The van der Waals surface area contributed by atoms with Crippen LogP contribution in [0.2, 0.25) is 0 Å². The molecule has 3 aromatic rings. The molecule has 1 aliphatic rings. The second kappa shape index (κ2) is 9.28. The van der Waals surface area contributed by atoms with Crippen LogP contribution in [0.1, 0.15) is 30.6 Å². The normalized spacial score (nSPS) is 19.4. The number of rotatable bonds is 5. The van der Waals surface area contributed by atoms with Gasteiger partial charge in [-0.15, -0.1) is 11.3 Å². The molecule has 2 heterocycles. The molecule has 2 atom stereocenters. The summed E-state index contributed by atoms with van der Waals surface area (Å²) < 4.78 is 54.6. The van der Waals surface area contributed by atoms with Crippen LogP contribution in [0.25, 0.3) is 11.3 Å². The van der Waals surface area contributed by atoms with Crippen LogP contribution in [0.15, 0.2) is 52.7 Å². The largest absolute Gasteiger partial charge is 0.298 e. The first-order valence-corrected chi connectivity index (χ1v) is 12.8. The molecule has 0 saturated carbocycles. The minimum atomic E-state index is -3.63. The van der Waals surface area contributed by atoms with Crippen molar-refractivity contribution in [2.75, 3.05) is 18.4 Å². The first-order chi connectivity index (χ1) is 15.6. The number of aromatic nitrogens is 1. The van der Waals surface area contributed by atoms with Gasteiger partial charge in [0.25, 0.3) is 5.91 Å². The number of carbonyl (C=O) groups excluding carboxylic acids is 1. The number of hydrogen-bond acceptors (Lipinski definition) is 5. The summed E-state index contributed by atoms with van der Waals surface area (Å²) in [7, 11) is -3.63. The molecule has 10 heteroatoms. The molecule has 2 unspecified atom stereocenters. The third kappa shape index (κ3) is 5.13. The van der Waals surface area contributed by atoms with Crippen molar-refractivity contribution in [3.63, 3.8) is 0 Å². The van der Waals surface area contributed by atoms with Crippen LogP contribution >= 0.6 is 11.3 Å². The quantitative estimate of drug-likeness (QED) is 0.544. The monoisotopic (exact) mass is 491 g/mol. The van der Waals surface area contributed by atoms with E-state index < -0.39 is 27.6 Å². The molecule has 1 amide bonds. The van der Waals surface area contributed by atoms with Crippen molar-refractivity contribution in [2.45, 2.75) is 25.2 Å². The van der Waals surface area contributed by atoms with Crippen molar-refractivity contribution in [1.29, 1.82) is 0 Å². The molecule has 1 N–H and O–H groups in total. The molecule has 0 radical (unpaired) electrons. The van der Waals surface area contributed by atoms with Gasteiger partial charge in [-0.3, -0.25) is 10.1 Å². The second-order valence-electron chi connectivity index (χ2n) is 8.41. The Bertz CT molecular complexity index is 1270. The van der Waals surface area contributed by atoms with E-state index in [1.807, 2.05) is 13.8 Å². The highest BCUT2D eigenvalue weighted by atomic mass is 32.2. The molecule has 174 valence electrons. The number of sulfonamides is 1. The fourth-order valence-corrected chi connectivity index (χ4v) is 6.44. The third-order valence-electron chi connectivity index (χ3n) is 5.52. The number of halogens is 2. The van der Waals surface area contributed by atoms with E-state index in [-0.39, 0.29) is 26.8 Å². The van der Waals surface area contributed by atoms with Gasteiger partial charge < -0.3 is 0 Å². The summed E-state index contributed by atoms with van der Waals surface area (Å²) in [5, 5.41) is 4.42. The van der Waals surface area contributed by atoms with Crippen LogP contribution in [-0.2, 0) is 10.0 Å². The summed E-state index contributed by atoms with van der Waals surface area (Å²) in [6, 6.07) is 8.95. The Kier molecular flexibility index (Phi) is 6.60. The van der Waals surface area contributed by atoms with Crippen molar-refractivity contribution in [1.82, 2.24) is 9.29 Å². The van der Waals surface area contributed by atoms with Crippen LogP contribution < -0.4 is 5.32 Å². The number of anilines is 1. The molecule has 0 bridgehead atoms. The van der Waals surface area contributed by atoms with E-state index in [1.165, 1.54) is 34.6 Å². The molecule has 0 spiro atoms. The van der Waals surface area contributed by atoms with Crippen molar-refractivity contribution in [2.24, 2.45) is 11.8 Å². The standard InChI is InChI=1S/C23H23F2N3O3S2/c1-14-9-15(2)12-28(11-14)33(30,31)18-6-3-16(4-7-18)22(29)27-23-26-21(13-32-23)19-8-5-17(24)10-20(19)25/h3-8,10,13-15H,9,11-12H2,1-2H3,(H,26,27,29). The van der Waals surface area contributed by atoms with Crippen molar-refractivity contribution in [3.05, 3.63) is 65.0 Å². The van der Waals surface area contributed by atoms with Crippen molar-refractivity contribution < 1.29 is 22.0 Å². The maximum Gasteiger partial charge on any atom is 0.257 e. The molecule has 1 aliphatic heterocycles. The molecular formula is C23H23F2N3O3S2.